The van der Waals surface area contributed by atoms with Gasteiger partial charge in [0, 0.05) is 25.3 Å². The fraction of sp³-hybridized carbons (Fsp3) is 0.444. The van der Waals surface area contributed by atoms with Crippen LogP contribution >= 0.6 is 0 Å². The lowest BCUT2D eigenvalue weighted by atomic mass is 10.1. The molecule has 3 rings (SSSR count). The summed E-state index contributed by atoms with van der Waals surface area (Å²) in [5, 5.41) is 9.62. The molecule has 134 valence electrons. The summed E-state index contributed by atoms with van der Waals surface area (Å²) < 4.78 is 24.0. The van der Waals surface area contributed by atoms with Gasteiger partial charge in [-0.25, -0.2) is 4.39 Å². The molecule has 2 N–H and O–H groups in total. The Morgan fingerprint density at radius 1 is 1.40 bits per heavy atom. The predicted molar refractivity (Wildman–Crippen MR) is 90.7 cm³/mol. The third kappa shape index (κ3) is 5.11. The number of H-pyrrole nitrogens is 1. The summed E-state index contributed by atoms with van der Waals surface area (Å²) in [6.45, 7) is 2.56. The van der Waals surface area contributed by atoms with Gasteiger partial charge in [0.25, 0.3) is 5.91 Å². The molecule has 1 amide bonds. The maximum absolute atomic E-state index is 12.9. The topological polar surface area (TPSA) is 76.2 Å². The Bertz CT molecular complexity index is 681. The molecule has 2 heterocycles. The highest BCUT2D eigenvalue weighted by Crippen LogP contribution is 2.18. The zero-order chi connectivity index (χ0) is 17.5. The predicted octanol–water partition coefficient (Wildman–Crippen LogP) is 2.53. The van der Waals surface area contributed by atoms with Gasteiger partial charge in [0.2, 0.25) is 0 Å². The number of nitrogens with one attached hydrogen (secondary N) is 2. The van der Waals surface area contributed by atoms with Gasteiger partial charge >= 0.3 is 0 Å². The molecule has 0 saturated carbocycles. The molecule has 0 radical (unpaired) electrons. The van der Waals surface area contributed by atoms with Crippen LogP contribution < -0.4 is 5.32 Å². The molecular formula is C18H22FN3O3. The first kappa shape index (κ1) is 17.6. The van der Waals surface area contributed by atoms with E-state index < -0.39 is 0 Å². The Balaban J connectivity index is 1.37. The van der Waals surface area contributed by atoms with E-state index in [9.17, 15) is 9.18 Å². The maximum Gasteiger partial charge on any atom is 0.269 e. The minimum Gasteiger partial charge on any atom is -0.379 e. The Morgan fingerprint density at radius 2 is 2.24 bits per heavy atom. The highest BCUT2D eigenvalue weighted by Gasteiger charge is 2.15. The first-order valence-corrected chi connectivity index (χ1v) is 8.51. The number of nitrogens with zero attached hydrogens (tertiary/aromatic N) is 1. The number of rotatable bonds is 8. The molecule has 0 spiro atoms. The molecule has 1 aliphatic rings. The molecule has 6 nitrogen and oxygen atoms in total. The van der Waals surface area contributed by atoms with Gasteiger partial charge in [0.05, 0.1) is 18.4 Å². The Kier molecular flexibility index (Phi) is 6.14. The second-order valence-electron chi connectivity index (χ2n) is 5.99. The van der Waals surface area contributed by atoms with E-state index >= 15 is 0 Å². The normalized spacial score (nSPS) is 16.9. The van der Waals surface area contributed by atoms with Gasteiger partial charge in [-0.15, -0.1) is 0 Å². The van der Waals surface area contributed by atoms with Crippen molar-refractivity contribution in [1.29, 1.82) is 0 Å². The second-order valence-corrected chi connectivity index (χ2v) is 5.99. The van der Waals surface area contributed by atoms with Crippen LogP contribution in [0.5, 0.6) is 0 Å². The second kappa shape index (κ2) is 8.73. The lowest BCUT2D eigenvalue weighted by molar-refractivity contribution is 0.0166. The molecule has 7 heteroatoms. The van der Waals surface area contributed by atoms with Gasteiger partial charge in [-0.3, -0.25) is 9.89 Å². The number of carbonyl (C=O) groups excluding carboxylic acids is 1. The van der Waals surface area contributed by atoms with Crippen molar-refractivity contribution in [2.24, 2.45) is 0 Å². The molecule has 0 aliphatic carbocycles. The van der Waals surface area contributed by atoms with Gasteiger partial charge in [-0.05, 0) is 49.6 Å². The van der Waals surface area contributed by atoms with Crippen LogP contribution in [0.2, 0.25) is 0 Å². The van der Waals surface area contributed by atoms with Crippen molar-refractivity contribution in [2.45, 2.75) is 25.4 Å². The van der Waals surface area contributed by atoms with E-state index in [-0.39, 0.29) is 17.8 Å². The number of carbonyl (C=O) groups is 1. The van der Waals surface area contributed by atoms with Crippen molar-refractivity contribution < 1.29 is 18.7 Å². The van der Waals surface area contributed by atoms with Gasteiger partial charge in [-0.2, -0.15) is 5.10 Å². The van der Waals surface area contributed by atoms with E-state index in [1.807, 2.05) is 0 Å². The van der Waals surface area contributed by atoms with Gasteiger partial charge in [-0.1, -0.05) is 0 Å². The number of benzene rings is 1. The van der Waals surface area contributed by atoms with E-state index in [2.05, 4.69) is 15.5 Å². The highest BCUT2D eigenvalue weighted by atomic mass is 19.1. The molecular weight excluding hydrogens is 325 g/mol. The molecule has 2 aromatic rings. The molecule has 25 heavy (non-hydrogen) atoms. The third-order valence-corrected chi connectivity index (χ3v) is 4.04. The molecule has 1 unspecified atom stereocenters. The van der Waals surface area contributed by atoms with Crippen molar-refractivity contribution in [3.8, 4) is 11.3 Å². The van der Waals surface area contributed by atoms with E-state index in [0.717, 1.165) is 31.4 Å². The first-order valence-electron chi connectivity index (χ1n) is 8.51. The number of aromatic nitrogens is 2. The van der Waals surface area contributed by atoms with Crippen molar-refractivity contribution in [3.63, 3.8) is 0 Å². The molecule has 1 aromatic heterocycles. The summed E-state index contributed by atoms with van der Waals surface area (Å²) in [6.07, 6.45) is 3.13. The number of ether oxygens (including phenoxy) is 2. The fourth-order valence-corrected chi connectivity index (χ4v) is 2.67. The minimum absolute atomic E-state index is 0.222. The number of amides is 1. The number of aromatic amines is 1. The average Bonchev–Trinajstić information content (AvgIpc) is 3.30. The summed E-state index contributed by atoms with van der Waals surface area (Å²) in [6, 6.07) is 7.62. The summed E-state index contributed by atoms with van der Waals surface area (Å²) in [5.74, 6) is -0.529. The van der Waals surface area contributed by atoms with Crippen LogP contribution in [0.1, 0.15) is 29.8 Å². The monoisotopic (exact) mass is 347 g/mol. The third-order valence-electron chi connectivity index (χ3n) is 4.04. The Labute approximate surface area is 145 Å². The van der Waals surface area contributed by atoms with Crippen molar-refractivity contribution in [3.05, 3.63) is 41.8 Å². The Hall–Kier alpha value is -2.25. The quantitative estimate of drug-likeness (QED) is 0.720. The Morgan fingerprint density at radius 3 is 3.00 bits per heavy atom. The number of halogens is 1. The van der Waals surface area contributed by atoms with E-state index in [1.165, 1.54) is 12.1 Å². The highest BCUT2D eigenvalue weighted by molar-refractivity contribution is 5.93. The number of hydrogen-bond acceptors (Lipinski definition) is 4. The minimum atomic E-state index is -0.307. The van der Waals surface area contributed by atoms with E-state index in [1.54, 1.807) is 18.2 Å². The van der Waals surface area contributed by atoms with E-state index in [0.29, 0.717) is 31.1 Å². The fourth-order valence-electron chi connectivity index (χ4n) is 2.67. The molecule has 1 fully saturated rings. The molecule has 1 atom stereocenters. The first-order chi connectivity index (χ1) is 12.2. The number of hydrogen-bond donors (Lipinski definition) is 2. The molecule has 1 saturated heterocycles. The van der Waals surface area contributed by atoms with Crippen LogP contribution in [0.4, 0.5) is 4.39 Å². The van der Waals surface area contributed by atoms with Crippen LogP contribution in [-0.2, 0) is 9.47 Å². The summed E-state index contributed by atoms with van der Waals surface area (Å²) in [4.78, 5) is 12.1. The van der Waals surface area contributed by atoms with Gasteiger partial charge in [0.15, 0.2) is 0 Å². The maximum atomic E-state index is 12.9. The lowest BCUT2D eigenvalue weighted by Crippen LogP contribution is -2.26. The molecule has 0 bridgehead atoms. The van der Waals surface area contributed by atoms with E-state index in [4.69, 9.17) is 9.47 Å². The summed E-state index contributed by atoms with van der Waals surface area (Å²) >= 11 is 0. The zero-order valence-corrected chi connectivity index (χ0v) is 14.0. The smallest absolute Gasteiger partial charge is 0.269 e. The van der Waals surface area contributed by atoms with Crippen molar-refractivity contribution in [1.82, 2.24) is 15.5 Å². The van der Waals surface area contributed by atoms with Gasteiger partial charge < -0.3 is 14.8 Å². The van der Waals surface area contributed by atoms with Crippen LogP contribution in [-0.4, -0.2) is 48.6 Å². The van der Waals surface area contributed by atoms with Crippen LogP contribution in [0.25, 0.3) is 11.3 Å². The summed E-state index contributed by atoms with van der Waals surface area (Å²) in [7, 11) is 0. The van der Waals surface area contributed by atoms with Crippen molar-refractivity contribution in [2.75, 3.05) is 26.4 Å². The largest absolute Gasteiger partial charge is 0.379 e. The zero-order valence-electron chi connectivity index (χ0n) is 14.0. The van der Waals surface area contributed by atoms with Crippen LogP contribution in [0.15, 0.2) is 30.3 Å². The molecule has 1 aliphatic heterocycles. The lowest BCUT2D eigenvalue weighted by Gasteiger charge is -2.10. The van der Waals surface area contributed by atoms with Crippen LogP contribution in [0.3, 0.4) is 0 Å². The SMILES string of the molecule is O=C(NCCCOCC1CCCO1)c1cc(-c2ccc(F)cc2)n[nH]1. The molecule has 1 aromatic carbocycles. The standard InChI is InChI=1S/C18H22FN3O3/c19-14-6-4-13(5-7-14)16-11-17(22-21-16)18(23)20-8-2-9-24-12-15-3-1-10-25-15/h4-7,11,15H,1-3,8-10,12H2,(H,20,23)(H,21,22). The van der Waals surface area contributed by atoms with Crippen molar-refractivity contribution >= 4 is 5.91 Å². The van der Waals surface area contributed by atoms with Crippen LogP contribution in [0, 0.1) is 5.82 Å². The summed E-state index contributed by atoms with van der Waals surface area (Å²) in [5.41, 5.74) is 1.73. The van der Waals surface area contributed by atoms with Gasteiger partial charge in [0.1, 0.15) is 11.5 Å². The average molecular weight is 347 g/mol.